The summed E-state index contributed by atoms with van der Waals surface area (Å²) >= 11 is 0. The van der Waals surface area contributed by atoms with Crippen molar-refractivity contribution in [3.63, 3.8) is 0 Å². The van der Waals surface area contributed by atoms with E-state index in [9.17, 15) is 13.2 Å². The molecule has 7 heteroatoms. The first-order valence-corrected chi connectivity index (χ1v) is 9.24. The third-order valence-corrected chi connectivity index (χ3v) is 5.34. The van der Waals surface area contributed by atoms with Crippen molar-refractivity contribution in [2.45, 2.75) is 18.7 Å². The summed E-state index contributed by atoms with van der Waals surface area (Å²) in [7, 11) is -2.04. The topological polar surface area (TPSA) is 78.8 Å². The lowest BCUT2D eigenvalue weighted by Crippen LogP contribution is -2.35. The highest BCUT2D eigenvalue weighted by molar-refractivity contribution is 7.90. The van der Waals surface area contributed by atoms with E-state index in [-0.39, 0.29) is 23.2 Å². The Hall–Kier alpha value is -2.67. The molecular formula is C18H19N3O3S. The van der Waals surface area contributed by atoms with Crippen LogP contribution >= 0.6 is 0 Å². The van der Waals surface area contributed by atoms with E-state index in [1.165, 1.54) is 6.07 Å². The van der Waals surface area contributed by atoms with Crippen molar-refractivity contribution in [2.75, 3.05) is 18.9 Å². The molecule has 25 heavy (non-hydrogen) atoms. The average Bonchev–Trinajstić information content (AvgIpc) is 2.82. The van der Waals surface area contributed by atoms with E-state index < -0.39 is 10.0 Å². The lowest BCUT2D eigenvalue weighted by molar-refractivity contribution is -0.116. The van der Waals surface area contributed by atoms with Gasteiger partial charge in [-0.3, -0.25) is 4.79 Å². The molecule has 0 saturated heterocycles. The molecule has 0 fully saturated rings. The molecule has 6 nitrogen and oxygen atoms in total. The van der Waals surface area contributed by atoms with Crippen molar-refractivity contribution in [1.29, 1.82) is 0 Å². The lowest BCUT2D eigenvalue weighted by atomic mass is 10.1. The van der Waals surface area contributed by atoms with Crippen LogP contribution in [0.2, 0.25) is 0 Å². The Bertz CT molecular complexity index is 981. The number of rotatable bonds is 3. The SMILES string of the molecule is Cc1ccc(NC(=O)CN(C)C2=NS(=O)(=O)c3ccccc32)c(C)c1. The number of aryl methyl sites for hydroxylation is 2. The maximum Gasteiger partial charge on any atom is 0.285 e. The number of amides is 1. The molecule has 2 aromatic rings. The van der Waals surface area contributed by atoms with E-state index in [1.54, 1.807) is 30.1 Å². The third kappa shape index (κ3) is 3.41. The fraction of sp³-hybridized carbons (Fsp3) is 0.222. The van der Waals surface area contributed by atoms with Gasteiger partial charge >= 0.3 is 0 Å². The van der Waals surface area contributed by atoms with Gasteiger partial charge in [-0.05, 0) is 37.6 Å². The van der Waals surface area contributed by atoms with Gasteiger partial charge in [0.25, 0.3) is 10.0 Å². The first-order chi connectivity index (χ1) is 11.8. The maximum absolute atomic E-state index is 12.3. The van der Waals surface area contributed by atoms with Gasteiger partial charge in [0.05, 0.1) is 6.54 Å². The average molecular weight is 357 g/mol. The summed E-state index contributed by atoms with van der Waals surface area (Å²) in [4.78, 5) is 14.0. The van der Waals surface area contributed by atoms with Crippen LogP contribution in [-0.4, -0.2) is 38.7 Å². The largest absolute Gasteiger partial charge is 0.349 e. The summed E-state index contributed by atoms with van der Waals surface area (Å²) in [5.41, 5.74) is 3.35. The molecule has 3 rings (SSSR count). The highest BCUT2D eigenvalue weighted by Gasteiger charge is 2.30. The molecule has 0 spiro atoms. The Labute approximate surface area is 147 Å². The number of sulfonamides is 1. The fourth-order valence-electron chi connectivity index (χ4n) is 2.80. The Balaban J connectivity index is 1.77. The van der Waals surface area contributed by atoms with Crippen molar-refractivity contribution in [1.82, 2.24) is 4.90 Å². The molecule has 0 radical (unpaired) electrons. The monoisotopic (exact) mass is 357 g/mol. The Kier molecular flexibility index (Phi) is 4.34. The number of benzene rings is 2. The molecular weight excluding hydrogens is 338 g/mol. The first kappa shape index (κ1) is 17.2. The second-order valence-corrected chi connectivity index (χ2v) is 7.68. The van der Waals surface area contributed by atoms with E-state index in [4.69, 9.17) is 0 Å². The number of carbonyl (C=O) groups is 1. The van der Waals surface area contributed by atoms with Crippen LogP contribution in [0.1, 0.15) is 16.7 Å². The molecule has 1 heterocycles. The molecule has 1 aliphatic heterocycles. The van der Waals surface area contributed by atoms with Crippen LogP contribution in [0.25, 0.3) is 0 Å². The first-order valence-electron chi connectivity index (χ1n) is 7.80. The molecule has 1 N–H and O–H groups in total. The molecule has 1 amide bonds. The minimum atomic E-state index is -3.69. The Morgan fingerprint density at radius 2 is 1.88 bits per heavy atom. The van der Waals surface area contributed by atoms with Crippen molar-refractivity contribution in [3.05, 3.63) is 59.2 Å². The van der Waals surface area contributed by atoms with Crippen molar-refractivity contribution in [2.24, 2.45) is 4.40 Å². The summed E-state index contributed by atoms with van der Waals surface area (Å²) in [6, 6.07) is 12.4. The zero-order valence-electron chi connectivity index (χ0n) is 14.3. The van der Waals surface area contributed by atoms with Crippen molar-refractivity contribution >= 4 is 27.5 Å². The predicted octanol–water partition coefficient (Wildman–Crippen LogP) is 2.32. The van der Waals surface area contributed by atoms with Gasteiger partial charge in [-0.25, -0.2) is 0 Å². The summed E-state index contributed by atoms with van der Waals surface area (Å²) in [5, 5.41) is 2.85. The smallest absolute Gasteiger partial charge is 0.285 e. The summed E-state index contributed by atoms with van der Waals surface area (Å²) in [6.07, 6.45) is 0. The van der Waals surface area contributed by atoms with Crippen LogP contribution in [-0.2, 0) is 14.8 Å². The Morgan fingerprint density at radius 3 is 2.60 bits per heavy atom. The third-order valence-electron chi connectivity index (χ3n) is 4.01. The van der Waals surface area contributed by atoms with E-state index in [0.717, 1.165) is 16.8 Å². The quantitative estimate of drug-likeness (QED) is 0.914. The van der Waals surface area contributed by atoms with Gasteiger partial charge in [-0.15, -0.1) is 4.40 Å². The van der Waals surface area contributed by atoms with Gasteiger partial charge in [-0.2, -0.15) is 8.42 Å². The fourth-order valence-corrected chi connectivity index (χ4v) is 4.05. The van der Waals surface area contributed by atoms with Gasteiger partial charge in [0, 0.05) is 18.3 Å². The molecule has 0 bridgehead atoms. The number of hydrogen-bond donors (Lipinski definition) is 1. The molecule has 0 aromatic heterocycles. The number of amidine groups is 1. The minimum absolute atomic E-state index is 0.00396. The normalized spacial score (nSPS) is 14.6. The van der Waals surface area contributed by atoms with Gasteiger partial charge < -0.3 is 10.2 Å². The highest BCUT2D eigenvalue weighted by atomic mass is 32.2. The van der Waals surface area contributed by atoms with Crippen molar-refractivity contribution in [3.8, 4) is 0 Å². The van der Waals surface area contributed by atoms with Gasteiger partial charge in [0.1, 0.15) is 4.90 Å². The highest BCUT2D eigenvalue weighted by Crippen LogP contribution is 2.26. The number of carbonyl (C=O) groups excluding carboxylic acids is 1. The van der Waals surface area contributed by atoms with E-state index in [0.29, 0.717) is 5.56 Å². The van der Waals surface area contributed by atoms with Crippen LogP contribution in [0, 0.1) is 13.8 Å². The van der Waals surface area contributed by atoms with Crippen molar-refractivity contribution < 1.29 is 13.2 Å². The zero-order valence-corrected chi connectivity index (χ0v) is 15.1. The molecule has 1 aliphatic rings. The standard InChI is InChI=1S/C18H19N3O3S/c1-12-8-9-15(13(2)10-12)19-17(22)11-21(3)18-14-6-4-5-7-16(14)25(23,24)20-18/h4-10H,11H2,1-3H3,(H,19,22). The number of nitrogens with zero attached hydrogens (tertiary/aromatic N) is 2. The van der Waals surface area contributed by atoms with E-state index in [2.05, 4.69) is 9.71 Å². The number of nitrogens with one attached hydrogen (secondary N) is 1. The van der Waals surface area contributed by atoms with Gasteiger partial charge in [0.2, 0.25) is 5.91 Å². The van der Waals surface area contributed by atoms with Crippen LogP contribution < -0.4 is 5.32 Å². The molecule has 0 unspecified atom stereocenters. The molecule has 2 aromatic carbocycles. The predicted molar refractivity (Wildman–Crippen MR) is 97.3 cm³/mol. The molecule has 0 saturated carbocycles. The number of likely N-dealkylation sites (N-methyl/N-ethyl adjacent to an activating group) is 1. The minimum Gasteiger partial charge on any atom is -0.349 e. The van der Waals surface area contributed by atoms with E-state index in [1.807, 2.05) is 32.0 Å². The second kappa shape index (κ2) is 6.33. The lowest BCUT2D eigenvalue weighted by Gasteiger charge is -2.19. The summed E-state index contributed by atoms with van der Waals surface area (Å²) < 4.78 is 28.0. The van der Waals surface area contributed by atoms with Gasteiger partial charge in [0.15, 0.2) is 5.84 Å². The summed E-state index contributed by atoms with van der Waals surface area (Å²) in [6.45, 7) is 3.91. The molecule has 130 valence electrons. The van der Waals surface area contributed by atoms with Crippen LogP contribution in [0.4, 0.5) is 5.69 Å². The molecule has 0 atom stereocenters. The maximum atomic E-state index is 12.3. The summed E-state index contributed by atoms with van der Waals surface area (Å²) in [5.74, 6) is 0.0466. The second-order valence-electron chi connectivity index (χ2n) is 6.11. The number of fused-ring (bicyclic) bond motifs is 1. The van der Waals surface area contributed by atoms with Crippen LogP contribution in [0.5, 0.6) is 0 Å². The van der Waals surface area contributed by atoms with Crippen LogP contribution in [0.3, 0.4) is 0 Å². The van der Waals surface area contributed by atoms with Gasteiger partial charge in [-0.1, -0.05) is 29.8 Å². The molecule has 0 aliphatic carbocycles. The van der Waals surface area contributed by atoms with E-state index >= 15 is 0 Å². The Morgan fingerprint density at radius 1 is 1.16 bits per heavy atom. The van der Waals surface area contributed by atoms with Crippen LogP contribution in [0.15, 0.2) is 51.8 Å². The number of hydrogen-bond acceptors (Lipinski definition) is 4. The number of anilines is 1. The zero-order chi connectivity index (χ0) is 18.2.